The van der Waals surface area contributed by atoms with E-state index < -0.39 is 0 Å². The minimum Gasteiger partial charge on any atom is -0.325 e. The Morgan fingerprint density at radius 3 is 2.30 bits per heavy atom. The highest BCUT2D eigenvalue weighted by Gasteiger charge is 2.18. The van der Waals surface area contributed by atoms with Gasteiger partial charge < -0.3 is 5.32 Å². The van der Waals surface area contributed by atoms with Crippen LogP contribution in [-0.2, 0) is 4.79 Å². The molecule has 0 radical (unpaired) electrons. The minimum atomic E-state index is -0.0854. The predicted molar refractivity (Wildman–Crippen MR) is 137 cm³/mol. The van der Waals surface area contributed by atoms with Crippen LogP contribution in [0.1, 0.15) is 22.3 Å². The third-order valence-electron chi connectivity index (χ3n) is 5.28. The normalized spacial score (nSPS) is 10.9. The number of hydrogen-bond acceptors (Lipinski definition) is 4. The van der Waals surface area contributed by atoms with Crippen LogP contribution in [0.2, 0.25) is 5.02 Å². The van der Waals surface area contributed by atoms with E-state index in [2.05, 4.69) is 34.6 Å². The lowest BCUT2D eigenvalue weighted by molar-refractivity contribution is -0.113. The summed E-state index contributed by atoms with van der Waals surface area (Å²) in [5.74, 6) is 0.805. The molecule has 1 heterocycles. The first-order valence-corrected chi connectivity index (χ1v) is 12.0. The number of benzene rings is 3. The highest BCUT2D eigenvalue weighted by atomic mass is 35.5. The van der Waals surface area contributed by atoms with E-state index in [1.54, 1.807) is 0 Å². The first kappa shape index (κ1) is 23.1. The Bertz CT molecular complexity index is 1290. The average molecular weight is 477 g/mol. The maximum atomic E-state index is 12.8. The number of halogens is 1. The van der Waals surface area contributed by atoms with E-state index in [0.29, 0.717) is 16.0 Å². The van der Waals surface area contributed by atoms with Gasteiger partial charge in [-0.25, -0.2) is 0 Å². The van der Waals surface area contributed by atoms with Crippen molar-refractivity contribution in [3.05, 3.63) is 87.9 Å². The fraction of sp³-hybridized carbons (Fsp3) is 0.192. The Kier molecular flexibility index (Phi) is 6.86. The van der Waals surface area contributed by atoms with Gasteiger partial charge in [-0.15, -0.1) is 10.2 Å². The topological polar surface area (TPSA) is 59.8 Å². The summed E-state index contributed by atoms with van der Waals surface area (Å²) in [6.07, 6.45) is 0. The van der Waals surface area contributed by atoms with Crippen LogP contribution in [0.25, 0.3) is 17.1 Å². The van der Waals surface area contributed by atoms with Gasteiger partial charge in [-0.05, 0) is 63.1 Å². The molecule has 168 valence electrons. The summed E-state index contributed by atoms with van der Waals surface area (Å²) in [4.78, 5) is 12.8. The van der Waals surface area contributed by atoms with Crippen molar-refractivity contribution in [2.45, 2.75) is 32.9 Å². The number of amides is 1. The molecular formula is C26H25ClN4OS. The Balaban J connectivity index is 1.61. The molecule has 0 fully saturated rings. The molecule has 0 atom stereocenters. The molecule has 33 heavy (non-hydrogen) atoms. The molecule has 0 aliphatic rings. The lowest BCUT2D eigenvalue weighted by atomic mass is 10.1. The number of aryl methyl sites for hydroxylation is 4. The summed E-state index contributed by atoms with van der Waals surface area (Å²) in [5.41, 5.74) is 7.09. The van der Waals surface area contributed by atoms with Gasteiger partial charge in [-0.3, -0.25) is 9.36 Å². The van der Waals surface area contributed by atoms with E-state index in [1.807, 2.05) is 73.9 Å². The van der Waals surface area contributed by atoms with Gasteiger partial charge in [0, 0.05) is 22.0 Å². The molecule has 0 spiro atoms. The van der Waals surface area contributed by atoms with Gasteiger partial charge in [0.1, 0.15) is 0 Å². The third kappa shape index (κ3) is 5.29. The molecule has 4 rings (SSSR count). The van der Waals surface area contributed by atoms with Crippen LogP contribution >= 0.6 is 23.4 Å². The Morgan fingerprint density at radius 1 is 0.939 bits per heavy atom. The second-order valence-corrected chi connectivity index (χ2v) is 9.48. The smallest absolute Gasteiger partial charge is 0.234 e. The van der Waals surface area contributed by atoms with Gasteiger partial charge in [0.05, 0.1) is 5.75 Å². The van der Waals surface area contributed by atoms with E-state index in [-0.39, 0.29) is 11.7 Å². The van der Waals surface area contributed by atoms with Crippen molar-refractivity contribution in [1.82, 2.24) is 14.8 Å². The molecule has 0 bridgehead atoms. The number of rotatable bonds is 6. The van der Waals surface area contributed by atoms with Gasteiger partial charge in [0.2, 0.25) is 5.91 Å². The predicted octanol–water partition coefficient (Wildman–Crippen LogP) is 6.55. The number of nitrogens with zero attached hydrogens (tertiary/aromatic N) is 3. The van der Waals surface area contributed by atoms with Crippen molar-refractivity contribution in [2.75, 3.05) is 11.1 Å². The van der Waals surface area contributed by atoms with Crippen molar-refractivity contribution in [3.63, 3.8) is 0 Å². The molecule has 4 aromatic rings. The van der Waals surface area contributed by atoms with Gasteiger partial charge in [-0.2, -0.15) is 0 Å². The molecule has 1 N–H and O–H groups in total. The Hall–Kier alpha value is -3.09. The molecular weight excluding hydrogens is 452 g/mol. The van der Waals surface area contributed by atoms with E-state index in [1.165, 1.54) is 17.3 Å². The number of carbonyl (C=O) groups excluding carboxylic acids is 1. The Labute approximate surface area is 203 Å². The zero-order valence-electron chi connectivity index (χ0n) is 19.0. The van der Waals surface area contributed by atoms with E-state index >= 15 is 0 Å². The molecule has 1 amide bonds. The highest BCUT2D eigenvalue weighted by Crippen LogP contribution is 2.30. The van der Waals surface area contributed by atoms with Crippen LogP contribution in [0.3, 0.4) is 0 Å². The molecule has 1 aromatic heterocycles. The minimum absolute atomic E-state index is 0.0854. The second-order valence-electron chi connectivity index (χ2n) is 8.10. The molecule has 7 heteroatoms. The standard InChI is InChI=1S/C26H25ClN4OS/c1-16-8-10-22(11-9-16)31-25(20-6-5-7-21(27)14-20)29-30-26(31)33-15-23(32)28-24-18(3)12-17(2)13-19(24)4/h5-14H,15H2,1-4H3,(H,28,32). The van der Waals surface area contributed by atoms with Crippen LogP contribution in [-0.4, -0.2) is 26.4 Å². The molecule has 5 nitrogen and oxygen atoms in total. The number of thioether (sulfide) groups is 1. The number of aromatic nitrogens is 3. The molecule has 0 aliphatic carbocycles. The van der Waals surface area contributed by atoms with E-state index in [9.17, 15) is 4.79 Å². The monoisotopic (exact) mass is 476 g/mol. The number of carbonyl (C=O) groups is 1. The summed E-state index contributed by atoms with van der Waals surface area (Å²) in [6, 6.07) is 19.8. The SMILES string of the molecule is Cc1ccc(-n2c(SCC(=O)Nc3c(C)cc(C)cc3C)nnc2-c2cccc(Cl)c2)cc1. The van der Waals surface area contributed by atoms with Crippen LogP contribution in [0.5, 0.6) is 0 Å². The molecule has 0 saturated heterocycles. The largest absolute Gasteiger partial charge is 0.325 e. The summed E-state index contributed by atoms with van der Waals surface area (Å²) >= 11 is 7.57. The van der Waals surface area contributed by atoms with Crippen molar-refractivity contribution in [1.29, 1.82) is 0 Å². The second kappa shape index (κ2) is 9.81. The van der Waals surface area contributed by atoms with Gasteiger partial charge in [0.25, 0.3) is 0 Å². The van der Waals surface area contributed by atoms with Crippen LogP contribution < -0.4 is 5.32 Å². The van der Waals surface area contributed by atoms with Crippen LogP contribution in [0, 0.1) is 27.7 Å². The van der Waals surface area contributed by atoms with Crippen LogP contribution in [0.4, 0.5) is 5.69 Å². The fourth-order valence-electron chi connectivity index (χ4n) is 3.79. The number of hydrogen-bond donors (Lipinski definition) is 1. The highest BCUT2D eigenvalue weighted by molar-refractivity contribution is 7.99. The first-order valence-electron chi connectivity index (χ1n) is 10.6. The maximum Gasteiger partial charge on any atom is 0.234 e. The van der Waals surface area contributed by atoms with E-state index in [4.69, 9.17) is 11.6 Å². The van der Waals surface area contributed by atoms with Crippen LogP contribution in [0.15, 0.2) is 65.8 Å². The number of nitrogens with one attached hydrogen (secondary N) is 1. The maximum absolute atomic E-state index is 12.8. The fourth-order valence-corrected chi connectivity index (χ4v) is 4.73. The zero-order valence-corrected chi connectivity index (χ0v) is 20.6. The molecule has 3 aromatic carbocycles. The summed E-state index contributed by atoms with van der Waals surface area (Å²) in [7, 11) is 0. The molecule has 0 unspecified atom stereocenters. The average Bonchev–Trinajstić information content (AvgIpc) is 3.19. The quantitative estimate of drug-likeness (QED) is 0.320. The van der Waals surface area contributed by atoms with E-state index in [0.717, 1.165) is 33.6 Å². The third-order valence-corrected chi connectivity index (χ3v) is 6.45. The van der Waals surface area contributed by atoms with Gasteiger partial charge in [-0.1, -0.05) is 70.9 Å². The summed E-state index contributed by atoms with van der Waals surface area (Å²) < 4.78 is 1.96. The first-order chi connectivity index (χ1) is 15.8. The van der Waals surface area contributed by atoms with Crippen molar-refractivity contribution in [2.24, 2.45) is 0 Å². The summed E-state index contributed by atoms with van der Waals surface area (Å²) in [5, 5.41) is 13.1. The van der Waals surface area contributed by atoms with Gasteiger partial charge in [0.15, 0.2) is 11.0 Å². The number of anilines is 1. The lowest BCUT2D eigenvalue weighted by Gasteiger charge is -2.13. The Morgan fingerprint density at radius 2 is 1.64 bits per heavy atom. The van der Waals surface area contributed by atoms with Crippen molar-refractivity contribution in [3.8, 4) is 17.1 Å². The van der Waals surface area contributed by atoms with Gasteiger partial charge >= 0.3 is 0 Å². The van der Waals surface area contributed by atoms with Crippen molar-refractivity contribution < 1.29 is 4.79 Å². The molecule has 0 aliphatic heterocycles. The lowest BCUT2D eigenvalue weighted by Crippen LogP contribution is -2.16. The van der Waals surface area contributed by atoms with Crippen molar-refractivity contribution >= 4 is 35.0 Å². The zero-order chi connectivity index (χ0) is 23.5. The molecule has 0 saturated carbocycles. The summed E-state index contributed by atoms with van der Waals surface area (Å²) in [6.45, 7) is 8.11.